The SMILES string of the molecule is COCC[N+]1=C(/C=C/C=C2/N(CCOCCC(=O)O)c3ccc(S(=O)(=O)O)cc3C2(C)CCCS(=O)(=O)O)C(C)(CCCS(=O)(=O)[O-])c2cc(S(=O)(=O)O)ccc21. The van der Waals surface area contributed by atoms with Crippen LogP contribution < -0.4 is 4.90 Å². The average Bonchev–Trinajstić information content (AvgIpc) is 3.45. The summed E-state index contributed by atoms with van der Waals surface area (Å²) < 4.78 is 149. The Morgan fingerprint density at radius 1 is 0.842 bits per heavy atom. The maximum Gasteiger partial charge on any atom is 0.305 e. The zero-order valence-electron chi connectivity index (χ0n) is 31.4. The molecule has 0 fully saturated rings. The molecule has 0 amide bonds. The third-order valence-corrected chi connectivity index (χ3v) is 13.4. The van der Waals surface area contributed by atoms with Crippen molar-refractivity contribution < 1.29 is 75.8 Å². The number of ether oxygens (including phenoxy) is 2. The van der Waals surface area contributed by atoms with E-state index in [9.17, 15) is 56.7 Å². The van der Waals surface area contributed by atoms with Crippen molar-refractivity contribution in [2.24, 2.45) is 0 Å². The highest BCUT2D eigenvalue weighted by molar-refractivity contribution is 7.86. The van der Waals surface area contributed by atoms with Crippen molar-refractivity contribution in [3.8, 4) is 0 Å². The number of rotatable bonds is 21. The lowest BCUT2D eigenvalue weighted by atomic mass is 9.75. The fraction of sp³-hybridized carbons (Fsp3) is 0.486. The Labute approximate surface area is 332 Å². The number of carboxylic acid groups (broad SMARTS) is 1. The van der Waals surface area contributed by atoms with Crippen molar-refractivity contribution in [1.82, 2.24) is 0 Å². The van der Waals surface area contributed by atoms with Gasteiger partial charge in [0.1, 0.15) is 6.61 Å². The first kappa shape index (κ1) is 46.1. The first-order chi connectivity index (χ1) is 26.3. The molecule has 0 saturated heterocycles. The Hall–Kier alpha value is -3.58. The summed E-state index contributed by atoms with van der Waals surface area (Å²) >= 11 is 0. The zero-order valence-corrected chi connectivity index (χ0v) is 34.7. The van der Waals surface area contributed by atoms with Crippen LogP contribution in [-0.2, 0) is 65.6 Å². The average molecular weight is 879 g/mol. The predicted molar refractivity (Wildman–Crippen MR) is 206 cm³/mol. The molecule has 4 rings (SSSR count). The Kier molecular flexibility index (Phi) is 14.3. The summed E-state index contributed by atoms with van der Waals surface area (Å²) in [6, 6.07) is 7.92. The van der Waals surface area contributed by atoms with Gasteiger partial charge in [0.2, 0.25) is 5.69 Å². The molecule has 0 aliphatic carbocycles. The van der Waals surface area contributed by atoms with Gasteiger partial charge in [0.25, 0.3) is 30.4 Å². The van der Waals surface area contributed by atoms with Crippen LogP contribution in [0.15, 0.2) is 70.1 Å². The van der Waals surface area contributed by atoms with Crippen molar-refractivity contribution >= 4 is 63.5 Å². The van der Waals surface area contributed by atoms with Gasteiger partial charge in [-0.25, -0.2) is 8.42 Å². The van der Waals surface area contributed by atoms with Crippen molar-refractivity contribution in [3.63, 3.8) is 0 Å². The van der Waals surface area contributed by atoms with Gasteiger partial charge in [-0.2, -0.15) is 29.8 Å². The van der Waals surface area contributed by atoms with Gasteiger partial charge >= 0.3 is 5.97 Å². The molecule has 2 aromatic rings. The second-order valence-corrected chi connectivity index (χ2v) is 20.0. The van der Waals surface area contributed by atoms with Crippen molar-refractivity contribution in [1.29, 1.82) is 0 Å². The molecule has 2 aliphatic heterocycles. The molecule has 2 atom stereocenters. The molecule has 22 heteroatoms. The van der Waals surface area contributed by atoms with E-state index in [0.717, 1.165) is 0 Å². The van der Waals surface area contributed by atoms with Gasteiger partial charge in [0.15, 0.2) is 12.3 Å². The third-order valence-electron chi connectivity index (χ3n) is 10.1. The number of nitrogens with zero attached hydrogens (tertiary/aromatic N) is 2. The van der Waals surface area contributed by atoms with Gasteiger partial charge < -0.3 is 24.0 Å². The summed E-state index contributed by atoms with van der Waals surface area (Å²) in [4.78, 5) is 12.0. The number of anilines is 1. The predicted octanol–water partition coefficient (Wildman–Crippen LogP) is 2.89. The van der Waals surface area contributed by atoms with E-state index in [0.29, 0.717) is 33.9 Å². The summed E-state index contributed by atoms with van der Waals surface area (Å²) in [5.41, 5.74) is 0.536. The number of benzene rings is 2. The minimum absolute atomic E-state index is 0.00317. The van der Waals surface area contributed by atoms with Crippen LogP contribution in [-0.4, -0.2) is 125 Å². The Morgan fingerprint density at radius 3 is 2.02 bits per heavy atom. The number of methoxy groups -OCH3 is 1. The van der Waals surface area contributed by atoms with Gasteiger partial charge in [0.05, 0.1) is 50.7 Å². The minimum Gasteiger partial charge on any atom is -0.748 e. The third kappa shape index (κ3) is 11.3. The lowest BCUT2D eigenvalue weighted by molar-refractivity contribution is -0.441. The van der Waals surface area contributed by atoms with Crippen molar-refractivity contribution in [3.05, 3.63) is 71.5 Å². The molecule has 2 unspecified atom stereocenters. The van der Waals surface area contributed by atoms with Crippen LogP contribution in [0.1, 0.15) is 57.1 Å². The number of aliphatic carboxylic acids is 1. The molecular weight excluding hydrogens is 833 g/mol. The first-order valence-electron chi connectivity index (χ1n) is 17.5. The van der Waals surface area contributed by atoms with Gasteiger partial charge in [-0.05, 0) is 81.5 Å². The normalized spacial score (nSPS) is 20.8. The first-order valence-corrected chi connectivity index (χ1v) is 23.6. The summed E-state index contributed by atoms with van der Waals surface area (Å²) in [5, 5.41) is 9.05. The number of allylic oxidation sites excluding steroid dienone is 4. The molecule has 0 bridgehead atoms. The summed E-state index contributed by atoms with van der Waals surface area (Å²) in [6.07, 6.45) is 4.64. The molecule has 0 spiro atoms. The molecule has 0 saturated carbocycles. The topological polar surface area (TPSA) is 282 Å². The van der Waals surface area contributed by atoms with Crippen LogP contribution in [0.3, 0.4) is 0 Å². The van der Waals surface area contributed by atoms with Crippen LogP contribution >= 0.6 is 0 Å². The number of hydrogen-bond acceptors (Lipinski definition) is 13. The maximum absolute atomic E-state index is 12.3. The zero-order chi connectivity index (χ0) is 42.6. The number of hydrogen-bond donors (Lipinski definition) is 4. The van der Waals surface area contributed by atoms with Crippen LogP contribution in [0.5, 0.6) is 0 Å². The molecular formula is C35H46N2O16S4. The van der Waals surface area contributed by atoms with Gasteiger partial charge in [-0.15, -0.1) is 0 Å². The van der Waals surface area contributed by atoms with E-state index in [1.807, 2.05) is 4.58 Å². The molecule has 2 aliphatic rings. The van der Waals surface area contributed by atoms with Crippen LogP contribution in [0.2, 0.25) is 0 Å². The highest BCUT2D eigenvalue weighted by atomic mass is 32.2. The summed E-state index contributed by atoms with van der Waals surface area (Å²) in [7, 11) is -16.9. The van der Waals surface area contributed by atoms with E-state index in [-0.39, 0.29) is 65.0 Å². The summed E-state index contributed by atoms with van der Waals surface area (Å²) in [6.45, 7) is 3.88. The largest absolute Gasteiger partial charge is 0.748 e. The van der Waals surface area contributed by atoms with Gasteiger partial charge in [-0.3, -0.25) is 18.5 Å². The quantitative estimate of drug-likeness (QED) is 0.0797. The second kappa shape index (κ2) is 17.7. The number of fused-ring (bicyclic) bond motifs is 2. The highest BCUT2D eigenvalue weighted by Crippen LogP contribution is 2.51. The van der Waals surface area contributed by atoms with Gasteiger partial charge in [-0.1, -0.05) is 6.08 Å². The second-order valence-electron chi connectivity index (χ2n) is 14.1. The Balaban J connectivity index is 1.92. The van der Waals surface area contributed by atoms with E-state index < -0.39 is 78.6 Å². The Bertz CT molecular complexity index is 2410. The fourth-order valence-corrected chi connectivity index (χ4v) is 9.45. The lowest BCUT2D eigenvalue weighted by Crippen LogP contribution is -2.33. The molecule has 0 radical (unpaired) electrons. The Morgan fingerprint density at radius 2 is 1.44 bits per heavy atom. The minimum atomic E-state index is -4.69. The van der Waals surface area contributed by atoms with E-state index >= 15 is 0 Å². The maximum atomic E-state index is 12.3. The van der Waals surface area contributed by atoms with Crippen LogP contribution in [0.4, 0.5) is 11.4 Å². The molecule has 2 heterocycles. The fourth-order valence-electron chi connectivity index (χ4n) is 7.43. The molecule has 2 aromatic carbocycles. The standard InChI is InChI=1S/C35H46N2O16S4/c1-34(14-5-21-54(40,41)42)27-23-25(56(46,47)48)9-11-29(27)36(16-19-52-3)31(34)7-4-8-32-35(2,15-6-22-55(43,44)45)28-24-26(57(49,50)51)10-12-30(28)37(32)17-20-53-18-13-33(38)39/h4,7-12,23-24H,5-6,13-22H2,1-3H3,(H4-,38,39,40,41,42,43,44,45,46,47,48,49,50,51). The highest BCUT2D eigenvalue weighted by Gasteiger charge is 2.48. The smallest absolute Gasteiger partial charge is 0.305 e. The molecule has 0 aromatic heterocycles. The van der Waals surface area contributed by atoms with Crippen molar-refractivity contribution in [2.75, 3.05) is 56.4 Å². The number of carbonyl (C=O) groups is 1. The summed E-state index contributed by atoms with van der Waals surface area (Å²) in [5.74, 6) is -2.40. The van der Waals surface area contributed by atoms with Crippen molar-refractivity contribution in [2.45, 2.75) is 66.6 Å². The van der Waals surface area contributed by atoms with Crippen LogP contribution in [0.25, 0.3) is 0 Å². The van der Waals surface area contributed by atoms with E-state index in [1.54, 1.807) is 37.0 Å². The molecule has 316 valence electrons. The number of carboxylic acids is 1. The lowest BCUT2D eigenvalue weighted by Gasteiger charge is -2.30. The van der Waals surface area contributed by atoms with E-state index in [4.69, 9.17) is 14.6 Å². The monoisotopic (exact) mass is 878 g/mol. The van der Waals surface area contributed by atoms with E-state index in [1.165, 1.54) is 43.5 Å². The van der Waals surface area contributed by atoms with Crippen LogP contribution in [0, 0.1) is 0 Å². The van der Waals surface area contributed by atoms with E-state index in [2.05, 4.69) is 0 Å². The molecule has 4 N–H and O–H groups in total. The molecule has 57 heavy (non-hydrogen) atoms. The van der Waals surface area contributed by atoms with Gasteiger partial charge in [0, 0.05) is 53.9 Å². The molecule has 18 nitrogen and oxygen atoms in total.